The summed E-state index contributed by atoms with van der Waals surface area (Å²) in [6.07, 6.45) is 0.814. The van der Waals surface area contributed by atoms with E-state index in [0.29, 0.717) is 0 Å². The van der Waals surface area contributed by atoms with E-state index in [-0.39, 0.29) is 18.2 Å². The highest BCUT2D eigenvalue weighted by Crippen LogP contribution is 2.01. The molecule has 0 aromatic carbocycles. The van der Waals surface area contributed by atoms with Crippen LogP contribution in [0.5, 0.6) is 0 Å². The second kappa shape index (κ2) is 4.02. The van der Waals surface area contributed by atoms with Gasteiger partial charge in [-0.25, -0.2) is 0 Å². The van der Waals surface area contributed by atoms with E-state index in [4.69, 9.17) is 5.39 Å². The van der Waals surface area contributed by atoms with E-state index in [2.05, 4.69) is 4.98 Å². The molecule has 0 spiro atoms. The third-order valence-corrected chi connectivity index (χ3v) is 1.39. The number of hydrogen-bond donors (Lipinski definition) is 0. The SMILES string of the molecule is CC[C@H](C)C(=O)C[N+]#N. The van der Waals surface area contributed by atoms with Gasteiger partial charge in [-0.05, 0) is 6.42 Å². The predicted octanol–water partition coefficient (Wildman–Crippen LogP) is 1.45. The lowest BCUT2D eigenvalue weighted by Crippen LogP contribution is -2.11. The molecule has 0 aromatic rings. The van der Waals surface area contributed by atoms with Crippen LogP contribution in [-0.4, -0.2) is 12.3 Å². The van der Waals surface area contributed by atoms with Crippen LogP contribution in [0.2, 0.25) is 0 Å². The van der Waals surface area contributed by atoms with Crippen molar-refractivity contribution in [3.8, 4) is 0 Å². The molecule has 3 nitrogen and oxygen atoms in total. The lowest BCUT2D eigenvalue weighted by atomic mass is 10.0. The maximum atomic E-state index is 10.7. The first-order valence-electron chi connectivity index (χ1n) is 3.06. The Balaban J connectivity index is 3.62. The van der Waals surface area contributed by atoms with Crippen molar-refractivity contribution in [3.05, 3.63) is 4.98 Å². The topological polar surface area (TPSA) is 45.2 Å². The third-order valence-electron chi connectivity index (χ3n) is 1.39. The Morgan fingerprint density at radius 3 is 2.67 bits per heavy atom. The molecule has 0 aromatic heterocycles. The van der Waals surface area contributed by atoms with Crippen LogP contribution in [0, 0.1) is 11.3 Å². The standard InChI is InChI=1S/C6H11N2O/c1-3-5(2)6(9)4-8-7/h5H,3-4H2,1-2H3/q+1/t5-/m0/s1. The summed E-state index contributed by atoms with van der Waals surface area (Å²) in [5.41, 5.74) is 0. The van der Waals surface area contributed by atoms with Gasteiger partial charge in [0.05, 0.1) is 0 Å². The van der Waals surface area contributed by atoms with Crippen LogP contribution in [-0.2, 0) is 4.79 Å². The van der Waals surface area contributed by atoms with Crippen molar-refractivity contribution in [1.29, 1.82) is 5.39 Å². The van der Waals surface area contributed by atoms with Gasteiger partial charge in [-0.15, -0.1) is 0 Å². The first kappa shape index (κ1) is 8.09. The molecule has 0 aliphatic carbocycles. The molecule has 50 valence electrons. The smallest absolute Gasteiger partial charge is 0.291 e. The zero-order chi connectivity index (χ0) is 7.28. The average Bonchev–Trinajstić information content (AvgIpc) is 1.87. The normalized spacial score (nSPS) is 12.1. The Morgan fingerprint density at radius 1 is 1.78 bits per heavy atom. The number of ketones is 1. The summed E-state index contributed by atoms with van der Waals surface area (Å²) in [4.78, 5) is 13.5. The van der Waals surface area contributed by atoms with Crippen molar-refractivity contribution in [2.75, 3.05) is 6.54 Å². The molecule has 0 amide bonds. The molecular formula is C6H11N2O+. The summed E-state index contributed by atoms with van der Waals surface area (Å²) >= 11 is 0. The molecule has 1 atom stereocenters. The van der Waals surface area contributed by atoms with Crippen LogP contribution in [0.4, 0.5) is 0 Å². The van der Waals surface area contributed by atoms with Gasteiger partial charge in [0.2, 0.25) is 11.2 Å². The van der Waals surface area contributed by atoms with E-state index >= 15 is 0 Å². The van der Waals surface area contributed by atoms with E-state index < -0.39 is 0 Å². The van der Waals surface area contributed by atoms with Crippen molar-refractivity contribution in [3.63, 3.8) is 0 Å². The fraction of sp³-hybridized carbons (Fsp3) is 0.833. The molecule has 0 aliphatic heterocycles. The van der Waals surface area contributed by atoms with Crippen molar-refractivity contribution < 1.29 is 4.79 Å². The molecule has 0 rings (SSSR count). The fourth-order valence-corrected chi connectivity index (χ4v) is 0.453. The van der Waals surface area contributed by atoms with Gasteiger partial charge in [-0.1, -0.05) is 13.8 Å². The molecule has 0 unspecified atom stereocenters. The van der Waals surface area contributed by atoms with E-state index in [1.807, 2.05) is 13.8 Å². The lowest BCUT2D eigenvalue weighted by molar-refractivity contribution is -0.120. The molecule has 0 bridgehead atoms. The summed E-state index contributed by atoms with van der Waals surface area (Å²) in [7, 11) is 0. The highest BCUT2D eigenvalue weighted by molar-refractivity contribution is 5.83. The lowest BCUT2D eigenvalue weighted by Gasteiger charge is -1.96. The maximum Gasteiger partial charge on any atom is 0.362 e. The number of rotatable bonds is 3. The minimum absolute atomic E-state index is 0.000000000000000444. The molecular weight excluding hydrogens is 116 g/mol. The van der Waals surface area contributed by atoms with Gasteiger partial charge < -0.3 is 0 Å². The molecule has 9 heavy (non-hydrogen) atoms. The zero-order valence-electron chi connectivity index (χ0n) is 5.79. The van der Waals surface area contributed by atoms with Crippen LogP contribution < -0.4 is 0 Å². The number of diazo groups is 1. The van der Waals surface area contributed by atoms with Crippen LogP contribution in [0.3, 0.4) is 0 Å². The van der Waals surface area contributed by atoms with Crippen molar-refractivity contribution in [2.24, 2.45) is 5.92 Å². The number of Topliss-reactive ketones (excluding diaryl/α,β-unsaturated/α-hetero) is 1. The number of carbonyl (C=O) groups excluding carboxylic acids is 1. The summed E-state index contributed by atoms with van der Waals surface area (Å²) in [5, 5.41) is 7.99. The third kappa shape index (κ3) is 2.81. The van der Waals surface area contributed by atoms with Gasteiger partial charge >= 0.3 is 6.54 Å². The molecule has 0 aliphatic rings. The Bertz CT molecular complexity index is 136. The second-order valence-corrected chi connectivity index (χ2v) is 2.08. The highest BCUT2D eigenvalue weighted by Gasteiger charge is 2.15. The Morgan fingerprint density at radius 2 is 2.33 bits per heavy atom. The number of nitrogens with zero attached hydrogens (tertiary/aromatic N) is 2. The van der Waals surface area contributed by atoms with Gasteiger partial charge in [0.25, 0.3) is 0 Å². The monoisotopic (exact) mass is 127 g/mol. The van der Waals surface area contributed by atoms with E-state index in [1.165, 1.54) is 0 Å². The summed E-state index contributed by atoms with van der Waals surface area (Å²) < 4.78 is 0. The Hall–Kier alpha value is -0.910. The van der Waals surface area contributed by atoms with Gasteiger partial charge in [0, 0.05) is 5.92 Å². The van der Waals surface area contributed by atoms with Gasteiger partial charge in [-0.2, -0.15) is 0 Å². The molecule has 0 saturated carbocycles. The Kier molecular flexibility index (Phi) is 3.61. The summed E-state index contributed by atoms with van der Waals surface area (Å²) in [6, 6.07) is 0. The average molecular weight is 127 g/mol. The minimum atomic E-state index is -0.0605. The molecule has 0 radical (unpaired) electrons. The Labute approximate surface area is 54.7 Å². The van der Waals surface area contributed by atoms with Crippen molar-refractivity contribution in [1.82, 2.24) is 0 Å². The molecule has 0 heterocycles. The number of hydrogen-bond acceptors (Lipinski definition) is 2. The van der Waals surface area contributed by atoms with Crippen molar-refractivity contribution in [2.45, 2.75) is 20.3 Å². The summed E-state index contributed by atoms with van der Waals surface area (Å²) in [6.45, 7) is 3.70. The van der Waals surface area contributed by atoms with Gasteiger partial charge in [-0.3, -0.25) is 4.79 Å². The van der Waals surface area contributed by atoms with Gasteiger partial charge in [0.15, 0.2) is 0 Å². The van der Waals surface area contributed by atoms with E-state index in [0.717, 1.165) is 6.42 Å². The highest BCUT2D eigenvalue weighted by atomic mass is 16.1. The fourth-order valence-electron chi connectivity index (χ4n) is 0.453. The van der Waals surface area contributed by atoms with E-state index in [9.17, 15) is 4.79 Å². The molecule has 3 heteroatoms. The van der Waals surface area contributed by atoms with Crippen molar-refractivity contribution >= 4 is 5.78 Å². The van der Waals surface area contributed by atoms with Crippen LogP contribution in [0.15, 0.2) is 0 Å². The molecule has 0 saturated heterocycles. The first-order chi connectivity index (χ1) is 4.22. The maximum absolute atomic E-state index is 10.7. The molecule has 0 N–H and O–H groups in total. The van der Waals surface area contributed by atoms with Crippen LogP contribution in [0.1, 0.15) is 20.3 Å². The second-order valence-electron chi connectivity index (χ2n) is 2.08. The summed E-state index contributed by atoms with van der Waals surface area (Å²) in [5.74, 6) is 0.0286. The molecule has 0 fully saturated rings. The largest absolute Gasteiger partial charge is 0.362 e. The predicted molar refractivity (Wildman–Crippen MR) is 34.4 cm³/mol. The minimum Gasteiger partial charge on any atom is -0.291 e. The zero-order valence-corrected chi connectivity index (χ0v) is 5.79. The quantitative estimate of drug-likeness (QED) is 0.538. The van der Waals surface area contributed by atoms with E-state index in [1.54, 1.807) is 0 Å². The number of carbonyl (C=O) groups is 1. The van der Waals surface area contributed by atoms with Crippen LogP contribution in [0.25, 0.3) is 4.98 Å². The van der Waals surface area contributed by atoms with Crippen LogP contribution >= 0.6 is 0 Å². The first-order valence-corrected chi connectivity index (χ1v) is 3.06. The van der Waals surface area contributed by atoms with Gasteiger partial charge in [0.1, 0.15) is 4.98 Å².